The Bertz CT molecular complexity index is 514. The molecule has 7 heteroatoms. The summed E-state index contributed by atoms with van der Waals surface area (Å²) in [6.07, 6.45) is 2.78. The van der Waals surface area contributed by atoms with Crippen molar-refractivity contribution in [2.75, 3.05) is 13.1 Å². The fourth-order valence-corrected chi connectivity index (χ4v) is 3.76. The molecule has 5 nitrogen and oxygen atoms in total. The molecule has 0 aliphatic carbocycles. The number of hydrogen-bond donors (Lipinski definition) is 1. The zero-order valence-electron chi connectivity index (χ0n) is 10.6. The van der Waals surface area contributed by atoms with Gasteiger partial charge >= 0.3 is 0 Å². The summed E-state index contributed by atoms with van der Waals surface area (Å²) in [5.41, 5.74) is 0. The summed E-state index contributed by atoms with van der Waals surface area (Å²) < 4.78 is 26.3. The Hall–Kier alpha value is -0.590. The molecule has 0 saturated carbocycles. The van der Waals surface area contributed by atoms with Crippen molar-refractivity contribution in [2.45, 2.75) is 37.1 Å². The van der Waals surface area contributed by atoms with E-state index in [1.165, 1.54) is 10.5 Å². The number of alkyl halides is 1. The van der Waals surface area contributed by atoms with Crippen molar-refractivity contribution in [3.63, 3.8) is 0 Å². The predicted octanol–water partition coefficient (Wildman–Crippen LogP) is 1.61. The fraction of sp³-hybridized carbons (Fsp3) is 0.727. The molecule has 1 aliphatic heterocycles. The van der Waals surface area contributed by atoms with E-state index in [1.807, 2.05) is 13.8 Å². The smallest absolute Gasteiger partial charge is 0.260 e. The SMILES string of the molecule is CCc1ncc(S(=O)(=O)N2CCC(Cl)C(C)C2)[nH]1. The Balaban J connectivity index is 2.21. The molecule has 2 heterocycles. The number of aryl methyl sites for hydroxylation is 1. The van der Waals surface area contributed by atoms with Gasteiger partial charge in [-0.05, 0) is 12.3 Å². The van der Waals surface area contributed by atoms with E-state index < -0.39 is 10.0 Å². The average Bonchev–Trinajstić information content (AvgIpc) is 2.81. The second-order valence-corrected chi connectivity index (χ2v) is 7.16. The van der Waals surface area contributed by atoms with E-state index in [4.69, 9.17) is 11.6 Å². The van der Waals surface area contributed by atoms with Crippen LogP contribution in [0.5, 0.6) is 0 Å². The van der Waals surface area contributed by atoms with Gasteiger partial charge in [0.15, 0.2) is 5.03 Å². The minimum Gasteiger partial charge on any atom is -0.332 e. The Morgan fingerprint density at radius 1 is 1.61 bits per heavy atom. The summed E-state index contributed by atoms with van der Waals surface area (Å²) >= 11 is 6.11. The number of H-pyrrole nitrogens is 1. The summed E-state index contributed by atoms with van der Waals surface area (Å²) in [7, 11) is -3.45. The first-order valence-electron chi connectivity index (χ1n) is 6.13. The van der Waals surface area contributed by atoms with Crippen molar-refractivity contribution >= 4 is 21.6 Å². The van der Waals surface area contributed by atoms with Crippen LogP contribution >= 0.6 is 11.6 Å². The number of nitrogens with one attached hydrogen (secondary N) is 1. The van der Waals surface area contributed by atoms with Crippen LogP contribution in [0.15, 0.2) is 11.2 Å². The van der Waals surface area contributed by atoms with Crippen LogP contribution in [-0.4, -0.2) is 41.2 Å². The average molecular weight is 292 g/mol. The van der Waals surface area contributed by atoms with Crippen LogP contribution in [0.25, 0.3) is 0 Å². The monoisotopic (exact) mass is 291 g/mol. The van der Waals surface area contributed by atoms with Gasteiger partial charge in [0.1, 0.15) is 5.82 Å². The van der Waals surface area contributed by atoms with Crippen molar-refractivity contribution in [1.29, 1.82) is 0 Å². The third kappa shape index (κ3) is 2.55. The highest BCUT2D eigenvalue weighted by Crippen LogP contribution is 2.26. The molecular weight excluding hydrogens is 274 g/mol. The van der Waals surface area contributed by atoms with Crippen LogP contribution in [0.2, 0.25) is 0 Å². The fourth-order valence-electron chi connectivity index (χ4n) is 2.09. The number of hydrogen-bond acceptors (Lipinski definition) is 3. The van der Waals surface area contributed by atoms with Gasteiger partial charge in [0.05, 0.1) is 6.20 Å². The molecule has 0 radical (unpaired) electrons. The van der Waals surface area contributed by atoms with E-state index in [-0.39, 0.29) is 16.3 Å². The highest BCUT2D eigenvalue weighted by atomic mass is 35.5. The van der Waals surface area contributed by atoms with Crippen molar-refractivity contribution in [2.24, 2.45) is 5.92 Å². The predicted molar refractivity (Wildman–Crippen MR) is 70.1 cm³/mol. The first kappa shape index (κ1) is 13.8. The zero-order chi connectivity index (χ0) is 13.3. The Morgan fingerprint density at radius 3 is 2.89 bits per heavy atom. The molecule has 2 atom stereocenters. The highest BCUT2D eigenvalue weighted by molar-refractivity contribution is 7.89. The Kier molecular flexibility index (Phi) is 3.99. The summed E-state index contributed by atoms with van der Waals surface area (Å²) in [6, 6.07) is 0. The van der Waals surface area contributed by atoms with Crippen LogP contribution in [0.3, 0.4) is 0 Å². The summed E-state index contributed by atoms with van der Waals surface area (Å²) in [6.45, 7) is 4.85. The summed E-state index contributed by atoms with van der Waals surface area (Å²) in [4.78, 5) is 6.90. The van der Waals surface area contributed by atoms with E-state index in [9.17, 15) is 8.42 Å². The van der Waals surface area contributed by atoms with Gasteiger partial charge in [-0.25, -0.2) is 13.4 Å². The van der Waals surface area contributed by atoms with Crippen LogP contribution in [0.1, 0.15) is 26.1 Å². The number of aromatic amines is 1. The van der Waals surface area contributed by atoms with E-state index in [2.05, 4.69) is 9.97 Å². The molecule has 2 unspecified atom stereocenters. The molecule has 2 rings (SSSR count). The summed E-state index contributed by atoms with van der Waals surface area (Å²) in [5, 5.41) is 0.240. The molecule has 18 heavy (non-hydrogen) atoms. The van der Waals surface area contributed by atoms with Gasteiger partial charge in [-0.2, -0.15) is 4.31 Å². The molecule has 1 aromatic heterocycles. The Morgan fingerprint density at radius 2 is 2.33 bits per heavy atom. The second-order valence-electron chi connectivity index (χ2n) is 4.69. The molecule has 1 saturated heterocycles. The van der Waals surface area contributed by atoms with Crippen LogP contribution in [0, 0.1) is 5.92 Å². The van der Waals surface area contributed by atoms with Gasteiger partial charge in [-0.15, -0.1) is 11.6 Å². The van der Waals surface area contributed by atoms with E-state index in [0.717, 1.165) is 0 Å². The Labute approximate surface area is 113 Å². The van der Waals surface area contributed by atoms with E-state index in [1.54, 1.807) is 0 Å². The van der Waals surface area contributed by atoms with Crippen LogP contribution < -0.4 is 0 Å². The number of imidazole rings is 1. The normalized spacial score (nSPS) is 26.4. The minimum atomic E-state index is -3.45. The van der Waals surface area contributed by atoms with Gasteiger partial charge in [0.2, 0.25) is 0 Å². The summed E-state index contributed by atoms with van der Waals surface area (Å²) in [5.74, 6) is 0.859. The standard InChI is InChI=1S/C11H18ClN3O2S/c1-3-10-13-6-11(14-10)18(16,17)15-5-4-9(12)8(2)7-15/h6,8-9H,3-5,7H2,1-2H3,(H,13,14). The lowest BCUT2D eigenvalue weighted by molar-refractivity contribution is 0.285. The molecule has 1 fully saturated rings. The number of piperidine rings is 1. The molecule has 1 N–H and O–H groups in total. The quantitative estimate of drug-likeness (QED) is 0.861. The number of halogens is 1. The van der Waals surface area contributed by atoms with Crippen molar-refractivity contribution in [3.8, 4) is 0 Å². The molecule has 1 aromatic rings. The van der Waals surface area contributed by atoms with Crippen molar-refractivity contribution < 1.29 is 8.42 Å². The lowest BCUT2D eigenvalue weighted by Gasteiger charge is -2.32. The molecule has 0 amide bonds. The maximum atomic E-state index is 12.4. The highest BCUT2D eigenvalue weighted by Gasteiger charge is 2.33. The third-order valence-electron chi connectivity index (χ3n) is 3.32. The van der Waals surface area contributed by atoms with E-state index >= 15 is 0 Å². The van der Waals surface area contributed by atoms with Crippen LogP contribution in [0.4, 0.5) is 0 Å². The maximum absolute atomic E-state index is 12.4. The second kappa shape index (κ2) is 5.19. The minimum absolute atomic E-state index is 0.0596. The van der Waals surface area contributed by atoms with Gasteiger partial charge < -0.3 is 4.98 Å². The molecule has 1 aliphatic rings. The third-order valence-corrected chi connectivity index (χ3v) is 5.74. The lowest BCUT2D eigenvalue weighted by Crippen LogP contribution is -2.43. The molecule has 0 aromatic carbocycles. The number of nitrogens with zero attached hydrogens (tertiary/aromatic N) is 2. The maximum Gasteiger partial charge on any atom is 0.260 e. The van der Waals surface area contributed by atoms with E-state index in [0.29, 0.717) is 31.8 Å². The molecular formula is C11H18ClN3O2S. The van der Waals surface area contributed by atoms with Crippen molar-refractivity contribution in [1.82, 2.24) is 14.3 Å². The van der Waals surface area contributed by atoms with Gasteiger partial charge in [-0.3, -0.25) is 0 Å². The lowest BCUT2D eigenvalue weighted by atomic mass is 10.0. The van der Waals surface area contributed by atoms with Crippen molar-refractivity contribution in [3.05, 3.63) is 12.0 Å². The molecule has 0 bridgehead atoms. The first-order chi connectivity index (χ1) is 8.45. The van der Waals surface area contributed by atoms with Crippen LogP contribution in [-0.2, 0) is 16.4 Å². The van der Waals surface area contributed by atoms with Gasteiger partial charge in [-0.1, -0.05) is 13.8 Å². The number of sulfonamides is 1. The zero-order valence-corrected chi connectivity index (χ0v) is 12.1. The van der Waals surface area contributed by atoms with Gasteiger partial charge in [0.25, 0.3) is 10.0 Å². The van der Waals surface area contributed by atoms with Gasteiger partial charge in [0, 0.05) is 24.9 Å². The molecule has 0 spiro atoms. The largest absolute Gasteiger partial charge is 0.332 e. The topological polar surface area (TPSA) is 66.1 Å². The molecule has 102 valence electrons. The number of aromatic nitrogens is 2. The first-order valence-corrected chi connectivity index (χ1v) is 8.01. The number of rotatable bonds is 3.